The van der Waals surface area contributed by atoms with Gasteiger partial charge in [0.2, 0.25) is 0 Å². The van der Waals surface area contributed by atoms with E-state index < -0.39 is 0 Å². The van der Waals surface area contributed by atoms with Crippen molar-refractivity contribution >= 4 is 68.2 Å². The van der Waals surface area contributed by atoms with Gasteiger partial charge in [-0.3, -0.25) is 0 Å². The van der Waals surface area contributed by atoms with Gasteiger partial charge < -0.3 is 19.6 Å². The van der Waals surface area contributed by atoms with Gasteiger partial charge in [0.1, 0.15) is 0 Å². The van der Waals surface area contributed by atoms with Crippen molar-refractivity contribution in [2.24, 2.45) is 0 Å². The van der Waals surface area contributed by atoms with Crippen molar-refractivity contribution in [2.45, 2.75) is 0 Å². The number of benzene rings is 10. The van der Waals surface area contributed by atoms with Crippen LogP contribution in [-0.2, 0) is 0 Å². The Morgan fingerprint density at radius 3 is 0.359 bits per heavy atom. The molecule has 0 aliphatic rings. The fourth-order valence-electron chi connectivity index (χ4n) is 8.01. The zero-order chi connectivity index (χ0) is 43.2. The van der Waals surface area contributed by atoms with Crippen molar-refractivity contribution in [3.8, 4) is 0 Å². The largest absolute Gasteiger partial charge is 0.308 e. The molecule has 0 spiro atoms. The molecule has 308 valence electrons. The van der Waals surface area contributed by atoms with Crippen LogP contribution in [0.4, 0.5) is 68.2 Å². The first-order valence-electron chi connectivity index (χ1n) is 21.6. The zero-order valence-electron chi connectivity index (χ0n) is 35.5. The van der Waals surface area contributed by atoms with Gasteiger partial charge in [0, 0.05) is 45.5 Å². The summed E-state index contributed by atoms with van der Waals surface area (Å²) in [7, 11) is 0. The van der Waals surface area contributed by atoms with Gasteiger partial charge in [-0.25, -0.2) is 0 Å². The van der Waals surface area contributed by atoms with E-state index in [0.29, 0.717) is 0 Å². The van der Waals surface area contributed by atoms with Crippen LogP contribution in [0.5, 0.6) is 0 Å². The predicted octanol–water partition coefficient (Wildman–Crippen LogP) is 17.3. The highest BCUT2D eigenvalue weighted by Gasteiger charge is 2.23. The average Bonchev–Trinajstić information content (AvgIpc) is 3.38. The number of nitrogens with zero attached hydrogens (tertiary/aromatic N) is 4. The molecule has 0 radical (unpaired) electrons. The summed E-state index contributed by atoms with van der Waals surface area (Å²) in [5.74, 6) is 0. The minimum absolute atomic E-state index is 1.11. The van der Waals surface area contributed by atoms with E-state index in [4.69, 9.17) is 0 Å². The topological polar surface area (TPSA) is 13.0 Å². The first-order chi connectivity index (χ1) is 31.8. The Kier molecular flexibility index (Phi) is 12.9. The van der Waals surface area contributed by atoms with Crippen LogP contribution >= 0.6 is 0 Å². The van der Waals surface area contributed by atoms with Gasteiger partial charge in [0.15, 0.2) is 0 Å². The molecule has 10 rings (SSSR count). The van der Waals surface area contributed by atoms with Gasteiger partial charge >= 0.3 is 0 Å². The maximum absolute atomic E-state index is 2.31. The van der Waals surface area contributed by atoms with Crippen molar-refractivity contribution in [3.63, 3.8) is 0 Å². The summed E-state index contributed by atoms with van der Waals surface area (Å²) in [5.41, 5.74) is 13.4. The third kappa shape index (κ3) is 9.32. The first kappa shape index (κ1) is 40.8. The van der Waals surface area contributed by atoms with Gasteiger partial charge in [-0.15, -0.1) is 0 Å². The quantitative estimate of drug-likeness (QED) is 0.122. The third-order valence-corrected chi connectivity index (χ3v) is 10.8. The molecular formula is C60H48N4. The van der Waals surface area contributed by atoms with Crippen LogP contribution in [0.15, 0.2) is 291 Å². The Morgan fingerprint density at radius 1 is 0.125 bits per heavy atom. The van der Waals surface area contributed by atoms with E-state index in [1.165, 1.54) is 0 Å². The second-order valence-corrected chi connectivity index (χ2v) is 15.0. The van der Waals surface area contributed by atoms with Crippen LogP contribution in [0.25, 0.3) is 0 Å². The Bertz CT molecular complexity index is 2350. The molecule has 0 fully saturated rings. The van der Waals surface area contributed by atoms with Crippen LogP contribution in [-0.4, -0.2) is 0 Å². The molecule has 0 aliphatic carbocycles. The normalized spacial score (nSPS) is 10.5. The maximum Gasteiger partial charge on any atom is 0.0702 e. The lowest BCUT2D eigenvalue weighted by Gasteiger charge is -2.33. The summed E-state index contributed by atoms with van der Waals surface area (Å²) in [6.45, 7) is 0. The molecule has 0 saturated heterocycles. The fourth-order valence-corrected chi connectivity index (χ4v) is 8.01. The van der Waals surface area contributed by atoms with E-state index >= 15 is 0 Å². The van der Waals surface area contributed by atoms with Crippen LogP contribution in [0.1, 0.15) is 0 Å². The average molecular weight is 825 g/mol. The number of anilines is 12. The van der Waals surface area contributed by atoms with E-state index in [-0.39, 0.29) is 0 Å². The second-order valence-electron chi connectivity index (χ2n) is 15.0. The molecule has 10 aromatic rings. The lowest BCUT2D eigenvalue weighted by Crippen LogP contribution is -2.16. The minimum atomic E-state index is 1.11. The van der Waals surface area contributed by atoms with E-state index in [1.54, 1.807) is 0 Å². The molecular weight excluding hydrogens is 777 g/mol. The summed E-state index contributed by atoms with van der Waals surface area (Å²) in [5, 5.41) is 0. The van der Waals surface area contributed by atoms with Gasteiger partial charge in [0.05, 0.1) is 22.7 Å². The lowest BCUT2D eigenvalue weighted by atomic mass is 10.1. The third-order valence-electron chi connectivity index (χ3n) is 10.8. The van der Waals surface area contributed by atoms with Crippen molar-refractivity contribution in [1.82, 2.24) is 0 Å². The fraction of sp³-hybridized carbons (Fsp3) is 0. The molecule has 0 bridgehead atoms. The summed E-state index contributed by atoms with van der Waals surface area (Å²) in [6.07, 6.45) is 0. The van der Waals surface area contributed by atoms with Crippen LogP contribution in [0, 0.1) is 0 Å². The number of rotatable bonds is 12. The summed E-state index contributed by atoms with van der Waals surface area (Å²) in [6, 6.07) is 101. The molecule has 0 amide bonds. The van der Waals surface area contributed by atoms with Gasteiger partial charge in [0.25, 0.3) is 0 Å². The Morgan fingerprint density at radius 2 is 0.234 bits per heavy atom. The number of hydrogen-bond acceptors (Lipinski definition) is 4. The molecule has 64 heavy (non-hydrogen) atoms. The highest BCUT2D eigenvalue weighted by atomic mass is 15.2. The predicted molar refractivity (Wildman–Crippen MR) is 272 cm³/mol. The molecule has 0 aliphatic heterocycles. The lowest BCUT2D eigenvalue weighted by molar-refractivity contribution is 1.23. The van der Waals surface area contributed by atoms with Gasteiger partial charge in [-0.05, 0) is 121 Å². The van der Waals surface area contributed by atoms with E-state index in [2.05, 4.69) is 311 Å². The van der Waals surface area contributed by atoms with Crippen molar-refractivity contribution in [2.75, 3.05) is 19.6 Å². The molecule has 0 N–H and O–H groups in total. The van der Waals surface area contributed by atoms with Crippen molar-refractivity contribution in [1.29, 1.82) is 0 Å². The molecule has 0 unspecified atom stereocenters. The second kappa shape index (κ2) is 20.3. The maximum atomic E-state index is 2.31. The van der Waals surface area contributed by atoms with Crippen molar-refractivity contribution in [3.05, 3.63) is 291 Å². The van der Waals surface area contributed by atoms with Crippen molar-refractivity contribution < 1.29 is 0 Å². The standard InChI is InChI=1S/2C30H24N2/c2*1-5-15-25(16-6-1)31(26-17-7-2-8-18-26)29-23-13-14-24-30(29)32(27-19-9-3-10-20-27)28-21-11-4-12-22-28/h2*1-24H. The van der Waals surface area contributed by atoms with E-state index in [1.807, 2.05) is 0 Å². The molecule has 0 aromatic heterocycles. The van der Waals surface area contributed by atoms with E-state index in [9.17, 15) is 0 Å². The molecule has 4 nitrogen and oxygen atoms in total. The molecule has 0 heterocycles. The molecule has 0 atom stereocenters. The SMILES string of the molecule is c1ccc(N(c2ccccc2)c2ccccc2N(c2ccccc2)c2ccccc2)cc1.c1ccc(N(c2ccccc2)c2ccccc2N(c2ccccc2)c2ccccc2)cc1. The molecule has 10 aromatic carbocycles. The Hall–Kier alpha value is -8.60. The van der Waals surface area contributed by atoms with E-state index in [0.717, 1.165) is 68.2 Å². The number of hydrogen-bond donors (Lipinski definition) is 0. The van der Waals surface area contributed by atoms with Crippen LogP contribution in [0.3, 0.4) is 0 Å². The summed E-state index contributed by atoms with van der Waals surface area (Å²) in [4.78, 5) is 9.25. The van der Waals surface area contributed by atoms with Crippen LogP contribution in [0.2, 0.25) is 0 Å². The highest BCUT2D eigenvalue weighted by Crippen LogP contribution is 2.47. The summed E-state index contributed by atoms with van der Waals surface area (Å²) < 4.78 is 0. The highest BCUT2D eigenvalue weighted by molar-refractivity contribution is 5.92. The Labute approximate surface area is 377 Å². The van der Waals surface area contributed by atoms with Gasteiger partial charge in [-0.2, -0.15) is 0 Å². The molecule has 4 heteroatoms. The molecule has 0 saturated carbocycles. The monoisotopic (exact) mass is 824 g/mol. The minimum Gasteiger partial charge on any atom is -0.308 e. The summed E-state index contributed by atoms with van der Waals surface area (Å²) >= 11 is 0. The first-order valence-corrected chi connectivity index (χ1v) is 21.6. The van der Waals surface area contributed by atoms with Gasteiger partial charge in [-0.1, -0.05) is 170 Å². The Balaban J connectivity index is 0.000000162. The van der Waals surface area contributed by atoms with Crippen LogP contribution < -0.4 is 19.6 Å². The smallest absolute Gasteiger partial charge is 0.0702 e. The number of para-hydroxylation sites is 12. The zero-order valence-corrected chi connectivity index (χ0v) is 35.5.